The van der Waals surface area contributed by atoms with Gasteiger partial charge in [0.05, 0.1) is 11.7 Å². The monoisotopic (exact) mass is 418 g/mol. The summed E-state index contributed by atoms with van der Waals surface area (Å²) in [5.41, 5.74) is -0.582. The average molecular weight is 418 g/mol. The van der Waals surface area contributed by atoms with Crippen LogP contribution in [0.1, 0.15) is 59.1 Å². The molecule has 0 fully saturated rings. The molecule has 2 unspecified atom stereocenters. The number of nitrogens with one attached hydrogen (secondary N) is 1. The van der Waals surface area contributed by atoms with Crippen molar-refractivity contribution >= 4 is 23.3 Å². The number of Topliss-reactive ketones (excluding diaryl/α,β-unsaturated/α-hetero) is 1. The van der Waals surface area contributed by atoms with Crippen molar-refractivity contribution in [2.24, 2.45) is 13.0 Å². The Morgan fingerprint density at radius 2 is 1.87 bits per heavy atom. The third kappa shape index (κ3) is 4.44. The van der Waals surface area contributed by atoms with Gasteiger partial charge in [0.25, 0.3) is 5.56 Å². The maximum Gasteiger partial charge on any atom is 0.331 e. The van der Waals surface area contributed by atoms with Gasteiger partial charge in [0.15, 0.2) is 5.78 Å². The highest BCUT2D eigenvalue weighted by Gasteiger charge is 2.32. The zero-order valence-electron chi connectivity index (χ0n) is 18.4. The highest BCUT2D eigenvalue weighted by atomic mass is 16.2. The number of rotatable bonds is 6. The van der Waals surface area contributed by atoms with Gasteiger partial charge in [0.2, 0.25) is 11.8 Å². The number of imide groups is 1. The molecule has 0 saturated carbocycles. The molecule has 0 spiro atoms. The van der Waals surface area contributed by atoms with E-state index in [9.17, 15) is 24.0 Å². The molecule has 1 aromatic heterocycles. The van der Waals surface area contributed by atoms with Crippen LogP contribution in [0.15, 0.2) is 21.9 Å². The van der Waals surface area contributed by atoms with Crippen molar-refractivity contribution < 1.29 is 14.4 Å². The summed E-state index contributed by atoms with van der Waals surface area (Å²) in [6, 6.07) is -0.620. The first kappa shape index (κ1) is 23.3. The Hall–Kier alpha value is -2.97. The lowest BCUT2D eigenvalue weighted by molar-refractivity contribution is -0.129. The molecule has 9 nitrogen and oxygen atoms in total. The first-order valence-corrected chi connectivity index (χ1v) is 10.1. The lowest BCUT2D eigenvalue weighted by Gasteiger charge is -2.30. The summed E-state index contributed by atoms with van der Waals surface area (Å²) in [6.45, 7) is 7.99. The number of allylic oxidation sites excluding steroid dienone is 1. The lowest BCUT2D eigenvalue weighted by Crippen LogP contribution is -2.49. The van der Waals surface area contributed by atoms with Crippen LogP contribution in [0.4, 0.5) is 5.69 Å². The number of carbonyl (C=O) groups excluding carboxylic acids is 3. The number of aromatic nitrogens is 2. The molecule has 2 heterocycles. The summed E-state index contributed by atoms with van der Waals surface area (Å²) in [5, 5.41) is 2.07. The quantitative estimate of drug-likeness (QED) is 0.739. The van der Waals surface area contributed by atoms with Crippen molar-refractivity contribution in [1.82, 2.24) is 14.5 Å². The fourth-order valence-electron chi connectivity index (χ4n) is 3.73. The van der Waals surface area contributed by atoms with Crippen molar-refractivity contribution in [3.63, 3.8) is 0 Å². The van der Waals surface area contributed by atoms with E-state index >= 15 is 0 Å². The average Bonchev–Trinajstić information content (AvgIpc) is 2.86. The third-order valence-corrected chi connectivity index (χ3v) is 5.59. The molecule has 2 rings (SSSR count). The highest BCUT2D eigenvalue weighted by molar-refractivity contribution is 5.94. The molecule has 1 N–H and O–H groups in total. The van der Waals surface area contributed by atoms with Crippen LogP contribution in [-0.2, 0) is 28.0 Å². The maximum atomic E-state index is 13.4. The Kier molecular flexibility index (Phi) is 7.17. The predicted molar refractivity (Wildman–Crippen MR) is 113 cm³/mol. The van der Waals surface area contributed by atoms with Gasteiger partial charge in [-0.3, -0.25) is 29.1 Å². The Labute approximate surface area is 175 Å². The molecule has 2 amide bonds. The van der Waals surface area contributed by atoms with Crippen molar-refractivity contribution in [2.75, 3.05) is 4.90 Å². The van der Waals surface area contributed by atoms with Gasteiger partial charge >= 0.3 is 5.69 Å². The van der Waals surface area contributed by atoms with Crippen LogP contribution in [0.2, 0.25) is 0 Å². The van der Waals surface area contributed by atoms with E-state index < -0.39 is 35.6 Å². The van der Waals surface area contributed by atoms with Gasteiger partial charge in [-0.15, -0.1) is 0 Å². The Balaban J connectivity index is 2.70. The number of ketones is 1. The van der Waals surface area contributed by atoms with Crippen molar-refractivity contribution in [3.8, 4) is 0 Å². The van der Waals surface area contributed by atoms with Gasteiger partial charge in [-0.25, -0.2) is 9.36 Å². The molecule has 0 aromatic carbocycles. The minimum atomic E-state index is -0.755. The van der Waals surface area contributed by atoms with E-state index in [4.69, 9.17) is 0 Å². The summed E-state index contributed by atoms with van der Waals surface area (Å²) in [4.78, 5) is 63.9. The molecule has 1 aromatic rings. The molecule has 0 saturated heterocycles. The minimum Gasteiger partial charge on any atom is -0.332 e. The van der Waals surface area contributed by atoms with E-state index in [1.165, 1.54) is 11.5 Å². The molecule has 1 aliphatic rings. The normalized spacial score (nSPS) is 17.7. The van der Waals surface area contributed by atoms with E-state index in [2.05, 4.69) is 5.32 Å². The second kappa shape index (κ2) is 9.23. The number of anilines is 1. The highest BCUT2D eigenvalue weighted by Crippen LogP contribution is 2.31. The minimum absolute atomic E-state index is 0.0169. The first-order valence-electron chi connectivity index (χ1n) is 10.1. The van der Waals surface area contributed by atoms with E-state index in [-0.39, 0.29) is 23.3 Å². The lowest BCUT2D eigenvalue weighted by atomic mass is 9.97. The standard InChI is InChI=1S/C21H30N4O5/c1-7-12(2)19(28)14(4)24-10-8-9-13(3)17-18(24)20(29)25(21(30)23(17)6)11-16(27)22-15(5)26/h8,10,12-14H,7,9,11H2,1-6H3,(H,22,26,27)/t12?,13?,14-/m0/s1. The summed E-state index contributed by atoms with van der Waals surface area (Å²) < 4.78 is 2.15. The van der Waals surface area contributed by atoms with E-state index in [0.717, 1.165) is 4.57 Å². The molecular formula is C21H30N4O5. The van der Waals surface area contributed by atoms with Gasteiger partial charge in [-0.1, -0.05) is 26.8 Å². The Morgan fingerprint density at radius 3 is 2.43 bits per heavy atom. The summed E-state index contributed by atoms with van der Waals surface area (Å²) >= 11 is 0. The summed E-state index contributed by atoms with van der Waals surface area (Å²) in [5.74, 6) is -1.68. The molecule has 1 aliphatic heterocycles. The Morgan fingerprint density at radius 1 is 1.23 bits per heavy atom. The number of nitrogens with zero attached hydrogens (tertiary/aromatic N) is 3. The van der Waals surface area contributed by atoms with E-state index in [0.29, 0.717) is 18.5 Å². The molecular weight excluding hydrogens is 388 g/mol. The van der Waals surface area contributed by atoms with Gasteiger partial charge in [0, 0.05) is 32.0 Å². The van der Waals surface area contributed by atoms with Gasteiger partial charge in [-0.05, 0) is 19.8 Å². The number of amides is 2. The Bertz CT molecular complexity index is 1000. The molecule has 3 atom stereocenters. The number of carbonyl (C=O) groups is 3. The summed E-state index contributed by atoms with van der Waals surface area (Å²) in [6.07, 6.45) is 4.85. The molecule has 9 heteroatoms. The SMILES string of the molecule is CCC(C)C(=O)[C@H](C)N1C=CCC(C)c2c1c(=O)n(CC(=O)NC(C)=O)c(=O)n2C. The second-order valence-electron chi connectivity index (χ2n) is 7.89. The van der Waals surface area contributed by atoms with Crippen LogP contribution in [0.25, 0.3) is 0 Å². The van der Waals surface area contributed by atoms with Crippen molar-refractivity contribution in [1.29, 1.82) is 0 Å². The number of hydrogen-bond donors (Lipinski definition) is 1. The van der Waals surface area contributed by atoms with Gasteiger partial charge in [0.1, 0.15) is 12.2 Å². The smallest absolute Gasteiger partial charge is 0.331 e. The fourth-order valence-corrected chi connectivity index (χ4v) is 3.73. The third-order valence-electron chi connectivity index (χ3n) is 5.59. The molecule has 164 valence electrons. The van der Waals surface area contributed by atoms with Crippen LogP contribution in [0, 0.1) is 5.92 Å². The largest absolute Gasteiger partial charge is 0.332 e. The van der Waals surface area contributed by atoms with Crippen LogP contribution in [-0.4, -0.2) is 32.8 Å². The van der Waals surface area contributed by atoms with E-state index in [1.54, 1.807) is 25.1 Å². The van der Waals surface area contributed by atoms with Gasteiger partial charge in [-0.2, -0.15) is 0 Å². The van der Waals surface area contributed by atoms with Crippen LogP contribution >= 0.6 is 0 Å². The van der Waals surface area contributed by atoms with Gasteiger partial charge < -0.3 is 4.90 Å². The summed E-state index contributed by atoms with van der Waals surface area (Å²) in [7, 11) is 1.54. The number of fused-ring (bicyclic) bond motifs is 1. The predicted octanol–water partition coefficient (Wildman–Crippen LogP) is 1.04. The van der Waals surface area contributed by atoms with E-state index in [1.807, 2.05) is 26.8 Å². The maximum absolute atomic E-state index is 13.4. The molecule has 0 radical (unpaired) electrons. The molecule has 0 bridgehead atoms. The molecule has 30 heavy (non-hydrogen) atoms. The topological polar surface area (TPSA) is 110 Å². The van der Waals surface area contributed by atoms with Crippen molar-refractivity contribution in [2.45, 2.75) is 66.0 Å². The zero-order chi connectivity index (χ0) is 22.7. The van der Waals surface area contributed by atoms with Crippen LogP contribution < -0.4 is 21.5 Å². The second-order valence-corrected chi connectivity index (χ2v) is 7.89. The van der Waals surface area contributed by atoms with Crippen LogP contribution in [0.5, 0.6) is 0 Å². The number of hydrogen-bond acceptors (Lipinski definition) is 6. The van der Waals surface area contributed by atoms with Crippen LogP contribution in [0.3, 0.4) is 0 Å². The van der Waals surface area contributed by atoms with Crippen molar-refractivity contribution in [3.05, 3.63) is 38.8 Å². The zero-order valence-corrected chi connectivity index (χ0v) is 18.4. The fraction of sp³-hybridized carbons (Fsp3) is 0.571. The first-order chi connectivity index (χ1) is 14.0. The molecule has 0 aliphatic carbocycles.